The molecule has 33 heavy (non-hydrogen) atoms. The van der Waals surface area contributed by atoms with Crippen molar-refractivity contribution in [2.45, 2.75) is 32.9 Å². The zero-order chi connectivity index (χ0) is 23.8. The van der Waals surface area contributed by atoms with E-state index in [1.165, 1.54) is 12.1 Å². The lowest BCUT2D eigenvalue weighted by Crippen LogP contribution is -2.57. The summed E-state index contributed by atoms with van der Waals surface area (Å²) in [4.78, 5) is 41.3. The van der Waals surface area contributed by atoms with Crippen molar-refractivity contribution >= 4 is 17.9 Å². The lowest BCUT2D eigenvalue weighted by Gasteiger charge is -2.37. The average Bonchev–Trinajstić information content (AvgIpc) is 2.83. The van der Waals surface area contributed by atoms with Crippen molar-refractivity contribution in [1.82, 2.24) is 15.1 Å². The summed E-state index contributed by atoms with van der Waals surface area (Å²) < 4.78 is 18.3. The number of rotatable bonds is 7. The predicted molar refractivity (Wildman–Crippen MR) is 122 cm³/mol. The summed E-state index contributed by atoms with van der Waals surface area (Å²) in [5.41, 5.74) is 1.61. The van der Waals surface area contributed by atoms with Crippen molar-refractivity contribution in [2.24, 2.45) is 5.92 Å². The molecule has 0 unspecified atom stereocenters. The van der Waals surface area contributed by atoms with E-state index in [9.17, 15) is 18.8 Å². The molecule has 1 saturated heterocycles. The molecule has 2 aromatic carbocycles. The minimum atomic E-state index is -0.713. The number of amides is 3. The zero-order valence-electron chi connectivity index (χ0n) is 19.0. The molecular weight excluding hydrogens is 425 g/mol. The third-order valence-electron chi connectivity index (χ3n) is 5.63. The first-order valence-electron chi connectivity index (χ1n) is 11.1. The maximum atomic E-state index is 13.1. The SMILES string of the molecule is CC(C)[C@H](NC(=O)OCc1ccccc1)C(=O)N1CCN(C(=O)Cc2ccc(F)cc2)CC1. The van der Waals surface area contributed by atoms with Gasteiger partial charge < -0.3 is 19.9 Å². The lowest BCUT2D eigenvalue weighted by atomic mass is 10.0. The fourth-order valence-electron chi connectivity index (χ4n) is 3.67. The fourth-order valence-corrected chi connectivity index (χ4v) is 3.67. The second kappa shape index (κ2) is 11.4. The van der Waals surface area contributed by atoms with Gasteiger partial charge in [-0.3, -0.25) is 9.59 Å². The van der Waals surface area contributed by atoms with Crippen molar-refractivity contribution in [3.05, 3.63) is 71.5 Å². The molecule has 0 radical (unpaired) electrons. The van der Waals surface area contributed by atoms with Gasteiger partial charge >= 0.3 is 6.09 Å². The van der Waals surface area contributed by atoms with Crippen molar-refractivity contribution in [3.63, 3.8) is 0 Å². The van der Waals surface area contributed by atoms with Crippen LogP contribution in [0.15, 0.2) is 54.6 Å². The van der Waals surface area contributed by atoms with E-state index < -0.39 is 12.1 Å². The Hall–Kier alpha value is -3.42. The van der Waals surface area contributed by atoms with Gasteiger partial charge in [0.2, 0.25) is 11.8 Å². The number of alkyl carbamates (subject to hydrolysis) is 1. The van der Waals surface area contributed by atoms with Crippen LogP contribution in [0.3, 0.4) is 0 Å². The average molecular weight is 456 g/mol. The van der Waals surface area contributed by atoms with Gasteiger partial charge in [-0.2, -0.15) is 0 Å². The van der Waals surface area contributed by atoms with E-state index in [1.807, 2.05) is 44.2 Å². The summed E-state index contributed by atoms with van der Waals surface area (Å²) in [7, 11) is 0. The Bertz CT molecular complexity index is 942. The number of nitrogens with zero attached hydrogens (tertiary/aromatic N) is 2. The number of hydrogen-bond acceptors (Lipinski definition) is 4. The molecule has 1 atom stereocenters. The molecule has 1 aliphatic rings. The number of ether oxygens (including phenoxy) is 1. The molecule has 8 heteroatoms. The van der Waals surface area contributed by atoms with Crippen molar-refractivity contribution in [1.29, 1.82) is 0 Å². The maximum absolute atomic E-state index is 13.1. The third kappa shape index (κ3) is 7.03. The Kier molecular flexibility index (Phi) is 8.40. The van der Waals surface area contributed by atoms with Crippen LogP contribution in [-0.4, -0.2) is 59.9 Å². The number of halogens is 1. The van der Waals surface area contributed by atoms with Gasteiger partial charge in [-0.1, -0.05) is 56.3 Å². The number of piperazine rings is 1. The highest BCUT2D eigenvalue weighted by molar-refractivity contribution is 5.86. The van der Waals surface area contributed by atoms with Gasteiger partial charge in [0.15, 0.2) is 0 Å². The first-order chi connectivity index (χ1) is 15.8. The van der Waals surface area contributed by atoms with Crippen LogP contribution in [0.5, 0.6) is 0 Å². The Morgan fingerprint density at radius 2 is 1.52 bits per heavy atom. The predicted octanol–water partition coefficient (Wildman–Crippen LogP) is 2.99. The molecule has 1 N–H and O–H groups in total. The molecule has 3 rings (SSSR count). The van der Waals surface area contributed by atoms with Crippen LogP contribution < -0.4 is 5.32 Å². The quantitative estimate of drug-likeness (QED) is 0.696. The summed E-state index contributed by atoms with van der Waals surface area (Å²) >= 11 is 0. The molecule has 0 bridgehead atoms. The van der Waals surface area contributed by atoms with Gasteiger partial charge in [0.25, 0.3) is 0 Å². The maximum Gasteiger partial charge on any atom is 0.408 e. The Balaban J connectivity index is 1.48. The molecule has 2 aromatic rings. The second-order valence-corrected chi connectivity index (χ2v) is 8.44. The summed E-state index contributed by atoms with van der Waals surface area (Å²) in [6, 6.07) is 14.5. The van der Waals surface area contributed by atoms with Crippen molar-refractivity contribution in [3.8, 4) is 0 Å². The smallest absolute Gasteiger partial charge is 0.408 e. The molecule has 0 saturated carbocycles. The number of carbonyl (C=O) groups is 3. The molecule has 3 amide bonds. The summed E-state index contributed by atoms with van der Waals surface area (Å²) in [6.45, 7) is 5.45. The number of benzene rings is 2. The van der Waals surface area contributed by atoms with Gasteiger partial charge in [-0.15, -0.1) is 0 Å². The Labute approximate surface area is 193 Å². The minimum Gasteiger partial charge on any atom is -0.445 e. The van der Waals surface area contributed by atoms with Gasteiger partial charge in [0.05, 0.1) is 6.42 Å². The van der Waals surface area contributed by atoms with Crippen molar-refractivity contribution in [2.75, 3.05) is 26.2 Å². The van der Waals surface area contributed by atoms with Crippen molar-refractivity contribution < 1.29 is 23.5 Å². The van der Waals surface area contributed by atoms with E-state index in [1.54, 1.807) is 21.9 Å². The van der Waals surface area contributed by atoms with E-state index in [2.05, 4.69) is 5.32 Å². The summed E-state index contributed by atoms with van der Waals surface area (Å²) in [5, 5.41) is 2.69. The largest absolute Gasteiger partial charge is 0.445 e. The van der Waals surface area contributed by atoms with Crippen LogP contribution in [0.4, 0.5) is 9.18 Å². The number of carbonyl (C=O) groups excluding carboxylic acids is 3. The van der Waals surface area contributed by atoms with E-state index in [-0.39, 0.29) is 36.6 Å². The monoisotopic (exact) mass is 455 g/mol. The van der Waals surface area contributed by atoms with Crippen LogP contribution in [-0.2, 0) is 27.4 Å². The van der Waals surface area contributed by atoms with Gasteiger partial charge in [-0.05, 0) is 29.2 Å². The molecule has 0 spiro atoms. The van der Waals surface area contributed by atoms with Crippen LogP contribution in [0.2, 0.25) is 0 Å². The minimum absolute atomic E-state index is 0.0586. The van der Waals surface area contributed by atoms with Crippen LogP contribution in [0.1, 0.15) is 25.0 Å². The number of nitrogens with one attached hydrogen (secondary N) is 1. The van der Waals surface area contributed by atoms with E-state index >= 15 is 0 Å². The fraction of sp³-hybridized carbons (Fsp3) is 0.400. The van der Waals surface area contributed by atoms with Gasteiger partial charge in [-0.25, -0.2) is 9.18 Å². The third-order valence-corrected chi connectivity index (χ3v) is 5.63. The highest BCUT2D eigenvalue weighted by Crippen LogP contribution is 2.12. The highest BCUT2D eigenvalue weighted by Gasteiger charge is 2.32. The van der Waals surface area contributed by atoms with Gasteiger partial charge in [0.1, 0.15) is 18.5 Å². The van der Waals surface area contributed by atoms with Crippen LogP contribution in [0.25, 0.3) is 0 Å². The number of hydrogen-bond donors (Lipinski definition) is 1. The van der Waals surface area contributed by atoms with Crippen LogP contribution in [0, 0.1) is 11.7 Å². The standard InChI is InChI=1S/C25H30FN3O4/c1-18(2)23(27-25(32)33-17-20-6-4-3-5-7-20)24(31)29-14-12-28(13-15-29)22(30)16-19-8-10-21(26)11-9-19/h3-11,18,23H,12-17H2,1-2H3,(H,27,32)/t23-/m0/s1. The molecule has 0 aromatic heterocycles. The molecule has 0 aliphatic carbocycles. The zero-order valence-corrected chi connectivity index (χ0v) is 19.0. The lowest BCUT2D eigenvalue weighted by molar-refractivity contribution is -0.141. The summed E-state index contributed by atoms with van der Waals surface area (Å²) in [5.74, 6) is -0.709. The normalized spacial score (nSPS) is 14.7. The van der Waals surface area contributed by atoms with Crippen LogP contribution >= 0.6 is 0 Å². The Morgan fingerprint density at radius 1 is 0.909 bits per heavy atom. The second-order valence-electron chi connectivity index (χ2n) is 8.44. The molecule has 1 aliphatic heterocycles. The molecule has 176 valence electrons. The van der Waals surface area contributed by atoms with E-state index in [0.29, 0.717) is 26.2 Å². The van der Waals surface area contributed by atoms with Gasteiger partial charge in [0, 0.05) is 26.2 Å². The first kappa shape index (κ1) is 24.2. The first-order valence-corrected chi connectivity index (χ1v) is 11.1. The molecule has 1 heterocycles. The van der Waals surface area contributed by atoms with E-state index in [0.717, 1.165) is 11.1 Å². The summed E-state index contributed by atoms with van der Waals surface area (Å²) in [6.07, 6.45) is -0.448. The highest BCUT2D eigenvalue weighted by atomic mass is 19.1. The molecule has 7 nitrogen and oxygen atoms in total. The topological polar surface area (TPSA) is 79.0 Å². The van der Waals surface area contributed by atoms with E-state index in [4.69, 9.17) is 4.74 Å². The molecular formula is C25H30FN3O4. The Morgan fingerprint density at radius 3 is 2.12 bits per heavy atom. The molecule has 1 fully saturated rings.